The summed E-state index contributed by atoms with van der Waals surface area (Å²) in [6.07, 6.45) is 2.87. The summed E-state index contributed by atoms with van der Waals surface area (Å²) >= 11 is 0. The van der Waals surface area contributed by atoms with E-state index in [2.05, 4.69) is 38.4 Å². The minimum atomic E-state index is -0.0676. The van der Waals surface area contributed by atoms with Gasteiger partial charge in [0.05, 0.1) is 11.0 Å². The Balaban J connectivity index is 1.52. The first kappa shape index (κ1) is 17.9. The average Bonchev–Trinajstić information content (AvgIpc) is 3.22. The van der Waals surface area contributed by atoms with Crippen molar-refractivity contribution >= 4 is 17.1 Å². The predicted octanol–water partition coefficient (Wildman–Crippen LogP) is 1.82. The number of aromatic amines is 1. The topological polar surface area (TPSA) is 91.7 Å². The van der Waals surface area contributed by atoms with Crippen molar-refractivity contribution in [2.24, 2.45) is 7.05 Å². The number of hydrogen-bond acceptors (Lipinski definition) is 4. The van der Waals surface area contributed by atoms with Gasteiger partial charge in [-0.15, -0.1) is 0 Å². The summed E-state index contributed by atoms with van der Waals surface area (Å²) < 4.78 is 1.72. The highest BCUT2D eigenvalue weighted by Gasteiger charge is 2.13. The Kier molecular flexibility index (Phi) is 5.50. The van der Waals surface area contributed by atoms with Gasteiger partial charge in [0.15, 0.2) is 0 Å². The molecule has 0 aliphatic heterocycles. The van der Waals surface area contributed by atoms with Gasteiger partial charge < -0.3 is 15.2 Å². The van der Waals surface area contributed by atoms with Crippen molar-refractivity contribution in [3.8, 4) is 0 Å². The molecule has 2 heterocycles. The molecule has 3 aromatic rings. The van der Waals surface area contributed by atoms with E-state index in [-0.39, 0.29) is 6.03 Å². The molecule has 8 nitrogen and oxygen atoms in total. The van der Waals surface area contributed by atoms with Gasteiger partial charge in [-0.2, -0.15) is 5.10 Å². The van der Waals surface area contributed by atoms with Crippen molar-refractivity contribution in [1.82, 2.24) is 34.9 Å². The zero-order valence-corrected chi connectivity index (χ0v) is 15.5. The van der Waals surface area contributed by atoms with Gasteiger partial charge in [0.1, 0.15) is 18.0 Å². The molecule has 0 unspecified atom stereocenters. The number of nitrogens with zero attached hydrogens (tertiary/aromatic N) is 5. The van der Waals surface area contributed by atoms with Crippen LogP contribution < -0.4 is 5.32 Å². The minimum Gasteiger partial charge on any atom is -0.342 e. The summed E-state index contributed by atoms with van der Waals surface area (Å²) in [6.45, 7) is 5.83. The number of urea groups is 1. The lowest BCUT2D eigenvalue weighted by atomic mass is 10.2. The van der Waals surface area contributed by atoms with Gasteiger partial charge in [-0.1, -0.05) is 12.1 Å². The molecule has 0 aliphatic rings. The lowest BCUT2D eigenvalue weighted by Crippen LogP contribution is -2.41. The second-order valence-electron chi connectivity index (χ2n) is 6.27. The fourth-order valence-electron chi connectivity index (χ4n) is 2.93. The molecule has 0 radical (unpaired) electrons. The second-order valence-corrected chi connectivity index (χ2v) is 6.27. The lowest BCUT2D eigenvalue weighted by molar-refractivity contribution is 0.201. The minimum absolute atomic E-state index is 0.0676. The number of likely N-dealkylation sites (N-methyl/N-ethyl adjacent to an activating group) is 1. The number of fused-ring (bicyclic) bond motifs is 1. The molecule has 1 aromatic carbocycles. The number of benzene rings is 1. The summed E-state index contributed by atoms with van der Waals surface area (Å²) in [7, 11) is 1.84. The summed E-state index contributed by atoms with van der Waals surface area (Å²) in [5.74, 6) is 1.76. The lowest BCUT2D eigenvalue weighted by Gasteiger charge is -2.20. The molecular weight excluding hydrogens is 330 g/mol. The van der Waals surface area contributed by atoms with E-state index in [1.165, 1.54) is 6.33 Å². The van der Waals surface area contributed by atoms with Crippen LogP contribution in [-0.4, -0.2) is 55.3 Å². The third kappa shape index (κ3) is 4.01. The average molecular weight is 355 g/mol. The molecule has 26 heavy (non-hydrogen) atoms. The number of rotatable bonds is 7. The van der Waals surface area contributed by atoms with Gasteiger partial charge in [-0.3, -0.25) is 4.68 Å². The van der Waals surface area contributed by atoms with E-state index in [1.807, 2.05) is 26.1 Å². The molecule has 0 atom stereocenters. The van der Waals surface area contributed by atoms with Crippen LogP contribution in [0.25, 0.3) is 11.0 Å². The van der Waals surface area contributed by atoms with E-state index in [9.17, 15) is 4.79 Å². The summed E-state index contributed by atoms with van der Waals surface area (Å²) in [6, 6.07) is 6.02. The SMILES string of the molecule is CCN(CCc1nc2c(C)cccc2[nH]1)C(=O)NCCc1ncnn1C. The zero-order valence-electron chi connectivity index (χ0n) is 15.5. The molecule has 3 rings (SSSR count). The summed E-state index contributed by atoms with van der Waals surface area (Å²) in [5, 5.41) is 6.97. The van der Waals surface area contributed by atoms with Crippen molar-refractivity contribution < 1.29 is 4.79 Å². The standard InChI is InChI=1S/C18H25N7O/c1-4-25(18(26)19-10-8-16-20-12-21-24(16)3)11-9-15-22-14-7-5-6-13(2)17(14)23-15/h5-7,12H,4,8-11H2,1-3H3,(H,19,26)(H,22,23). The first-order chi connectivity index (χ1) is 12.6. The third-order valence-electron chi connectivity index (χ3n) is 4.48. The molecule has 0 saturated carbocycles. The van der Waals surface area contributed by atoms with Crippen LogP contribution in [0.4, 0.5) is 4.79 Å². The molecule has 2 N–H and O–H groups in total. The largest absolute Gasteiger partial charge is 0.342 e. The molecule has 2 aromatic heterocycles. The fourth-order valence-corrected chi connectivity index (χ4v) is 2.93. The van der Waals surface area contributed by atoms with E-state index < -0.39 is 0 Å². The first-order valence-electron chi connectivity index (χ1n) is 8.88. The van der Waals surface area contributed by atoms with Gasteiger partial charge in [-0.05, 0) is 25.5 Å². The Labute approximate surface area is 152 Å². The summed E-state index contributed by atoms with van der Waals surface area (Å²) in [5.41, 5.74) is 3.19. The maximum absolute atomic E-state index is 12.4. The highest BCUT2D eigenvalue weighted by molar-refractivity contribution is 5.78. The van der Waals surface area contributed by atoms with Crippen LogP contribution in [0.1, 0.15) is 24.1 Å². The van der Waals surface area contributed by atoms with Crippen molar-refractivity contribution in [3.63, 3.8) is 0 Å². The Morgan fingerprint density at radius 2 is 2.19 bits per heavy atom. The molecule has 0 saturated heterocycles. The Morgan fingerprint density at radius 3 is 2.88 bits per heavy atom. The van der Waals surface area contributed by atoms with Crippen LogP contribution in [0.5, 0.6) is 0 Å². The Morgan fingerprint density at radius 1 is 1.35 bits per heavy atom. The van der Waals surface area contributed by atoms with Gasteiger partial charge in [0, 0.05) is 39.5 Å². The van der Waals surface area contributed by atoms with Crippen LogP contribution in [0, 0.1) is 6.92 Å². The number of carbonyl (C=O) groups is 1. The van der Waals surface area contributed by atoms with Crippen LogP contribution in [0.15, 0.2) is 24.5 Å². The summed E-state index contributed by atoms with van der Waals surface area (Å²) in [4.78, 5) is 26.3. The molecule has 138 valence electrons. The molecule has 0 bridgehead atoms. The van der Waals surface area contributed by atoms with E-state index >= 15 is 0 Å². The smallest absolute Gasteiger partial charge is 0.317 e. The normalized spacial score (nSPS) is 11.0. The number of nitrogens with one attached hydrogen (secondary N) is 2. The van der Waals surface area contributed by atoms with Gasteiger partial charge in [-0.25, -0.2) is 14.8 Å². The van der Waals surface area contributed by atoms with Crippen LogP contribution >= 0.6 is 0 Å². The van der Waals surface area contributed by atoms with Crippen LogP contribution in [0.3, 0.4) is 0 Å². The number of carbonyl (C=O) groups excluding carboxylic acids is 1. The number of imidazole rings is 1. The maximum Gasteiger partial charge on any atom is 0.317 e. The number of para-hydroxylation sites is 1. The third-order valence-corrected chi connectivity index (χ3v) is 4.48. The van der Waals surface area contributed by atoms with E-state index in [0.29, 0.717) is 32.5 Å². The van der Waals surface area contributed by atoms with E-state index in [4.69, 9.17) is 0 Å². The van der Waals surface area contributed by atoms with Crippen molar-refractivity contribution in [1.29, 1.82) is 0 Å². The van der Waals surface area contributed by atoms with Crippen LogP contribution in [-0.2, 0) is 19.9 Å². The quantitative estimate of drug-likeness (QED) is 0.676. The first-order valence-corrected chi connectivity index (χ1v) is 8.88. The van der Waals surface area contributed by atoms with Crippen LogP contribution in [0.2, 0.25) is 0 Å². The highest BCUT2D eigenvalue weighted by atomic mass is 16.2. The molecule has 0 spiro atoms. The fraction of sp³-hybridized carbons (Fsp3) is 0.444. The molecule has 0 aliphatic carbocycles. The predicted molar refractivity (Wildman–Crippen MR) is 99.9 cm³/mol. The van der Waals surface area contributed by atoms with E-state index in [1.54, 1.807) is 9.58 Å². The van der Waals surface area contributed by atoms with Crippen molar-refractivity contribution in [3.05, 3.63) is 41.7 Å². The van der Waals surface area contributed by atoms with Gasteiger partial charge in [0.25, 0.3) is 0 Å². The number of hydrogen-bond donors (Lipinski definition) is 2. The molecular formula is C18H25N7O. The Hall–Kier alpha value is -2.90. The van der Waals surface area contributed by atoms with Gasteiger partial charge in [0.2, 0.25) is 0 Å². The monoisotopic (exact) mass is 355 g/mol. The van der Waals surface area contributed by atoms with E-state index in [0.717, 1.165) is 28.2 Å². The van der Waals surface area contributed by atoms with Crippen molar-refractivity contribution in [2.45, 2.75) is 26.7 Å². The maximum atomic E-state index is 12.4. The number of amides is 2. The molecule has 0 fully saturated rings. The number of H-pyrrole nitrogens is 1. The highest BCUT2D eigenvalue weighted by Crippen LogP contribution is 2.15. The zero-order chi connectivity index (χ0) is 18.5. The van der Waals surface area contributed by atoms with Gasteiger partial charge >= 0.3 is 6.03 Å². The van der Waals surface area contributed by atoms with Crippen molar-refractivity contribution in [2.75, 3.05) is 19.6 Å². The molecule has 2 amide bonds. The number of aromatic nitrogens is 5. The Bertz CT molecular complexity index is 883. The number of aryl methyl sites for hydroxylation is 2. The second kappa shape index (κ2) is 7.99. The molecule has 8 heteroatoms.